The smallest absolute Gasteiger partial charge is 0.0398 e. The van der Waals surface area contributed by atoms with Gasteiger partial charge < -0.3 is 4.90 Å². The van der Waals surface area contributed by atoms with E-state index in [1.807, 2.05) is 0 Å². The molecule has 0 atom stereocenters. The number of rotatable bonds is 7. The fourth-order valence-corrected chi connectivity index (χ4v) is 2.19. The maximum Gasteiger partial charge on any atom is 0.0398 e. The van der Waals surface area contributed by atoms with Gasteiger partial charge >= 0.3 is 0 Å². The van der Waals surface area contributed by atoms with Gasteiger partial charge in [0.05, 0.1) is 0 Å². The van der Waals surface area contributed by atoms with Crippen molar-refractivity contribution < 1.29 is 0 Å². The molecule has 0 aromatic heterocycles. The zero-order chi connectivity index (χ0) is 11.8. The van der Waals surface area contributed by atoms with Crippen LogP contribution in [0.25, 0.3) is 0 Å². The SMILES string of the molecule is CCCc1ccccc1N(CCC)CCC. The van der Waals surface area contributed by atoms with Crippen LogP contribution in [0.3, 0.4) is 0 Å². The van der Waals surface area contributed by atoms with E-state index in [9.17, 15) is 0 Å². The van der Waals surface area contributed by atoms with Crippen LogP contribution in [0.1, 0.15) is 45.6 Å². The van der Waals surface area contributed by atoms with Crippen LogP contribution in [0.15, 0.2) is 24.3 Å². The van der Waals surface area contributed by atoms with E-state index in [4.69, 9.17) is 0 Å². The molecule has 0 aliphatic carbocycles. The van der Waals surface area contributed by atoms with E-state index in [0.717, 1.165) is 0 Å². The van der Waals surface area contributed by atoms with Crippen molar-refractivity contribution in [3.63, 3.8) is 0 Å². The van der Waals surface area contributed by atoms with Gasteiger partial charge in [-0.1, -0.05) is 45.4 Å². The monoisotopic (exact) mass is 219 g/mol. The van der Waals surface area contributed by atoms with Gasteiger partial charge in [0.25, 0.3) is 0 Å². The lowest BCUT2D eigenvalue weighted by Gasteiger charge is -2.26. The number of aryl methyl sites for hydroxylation is 1. The fourth-order valence-electron chi connectivity index (χ4n) is 2.19. The van der Waals surface area contributed by atoms with Gasteiger partial charge in [0, 0.05) is 18.8 Å². The first-order chi connectivity index (χ1) is 7.83. The van der Waals surface area contributed by atoms with E-state index in [1.54, 1.807) is 0 Å². The number of benzene rings is 1. The van der Waals surface area contributed by atoms with E-state index in [2.05, 4.69) is 49.9 Å². The predicted octanol–water partition coefficient (Wildman–Crippen LogP) is 4.27. The maximum atomic E-state index is 2.53. The van der Waals surface area contributed by atoms with Crippen molar-refractivity contribution in [1.82, 2.24) is 0 Å². The minimum Gasteiger partial charge on any atom is -0.371 e. The lowest BCUT2D eigenvalue weighted by atomic mass is 10.1. The zero-order valence-electron chi connectivity index (χ0n) is 11.0. The Bertz CT molecular complexity index is 287. The third kappa shape index (κ3) is 3.55. The second kappa shape index (κ2) is 7.32. The minimum atomic E-state index is 1.18. The number of hydrogen-bond donors (Lipinski definition) is 0. The van der Waals surface area contributed by atoms with Crippen molar-refractivity contribution in [1.29, 1.82) is 0 Å². The summed E-state index contributed by atoms with van der Waals surface area (Å²) in [6.45, 7) is 9.11. The molecule has 0 aliphatic rings. The van der Waals surface area contributed by atoms with Crippen molar-refractivity contribution in [2.45, 2.75) is 46.5 Å². The fraction of sp³-hybridized carbons (Fsp3) is 0.600. The van der Waals surface area contributed by atoms with Crippen LogP contribution < -0.4 is 4.90 Å². The second-order valence-electron chi connectivity index (χ2n) is 4.37. The molecule has 0 amide bonds. The Morgan fingerprint density at radius 2 is 1.50 bits per heavy atom. The average molecular weight is 219 g/mol. The predicted molar refractivity (Wildman–Crippen MR) is 73.2 cm³/mol. The highest BCUT2D eigenvalue weighted by Gasteiger charge is 2.08. The highest BCUT2D eigenvalue weighted by Crippen LogP contribution is 2.22. The van der Waals surface area contributed by atoms with Gasteiger partial charge in [0.15, 0.2) is 0 Å². The van der Waals surface area contributed by atoms with Gasteiger partial charge in [0.1, 0.15) is 0 Å². The molecule has 16 heavy (non-hydrogen) atoms. The Kier molecular flexibility index (Phi) is 5.99. The first-order valence-corrected chi connectivity index (χ1v) is 6.66. The summed E-state index contributed by atoms with van der Waals surface area (Å²) in [7, 11) is 0. The molecule has 0 N–H and O–H groups in total. The lowest BCUT2D eigenvalue weighted by molar-refractivity contribution is 0.738. The van der Waals surface area contributed by atoms with Crippen LogP contribution in [0, 0.1) is 0 Å². The lowest BCUT2D eigenvalue weighted by Crippen LogP contribution is -2.25. The molecule has 1 rings (SSSR count). The summed E-state index contributed by atoms with van der Waals surface area (Å²) in [5, 5.41) is 0. The highest BCUT2D eigenvalue weighted by molar-refractivity contribution is 5.53. The van der Waals surface area contributed by atoms with Gasteiger partial charge in [-0.2, -0.15) is 0 Å². The number of nitrogens with zero attached hydrogens (tertiary/aromatic N) is 1. The molecule has 0 saturated heterocycles. The molecule has 0 radical (unpaired) electrons. The van der Waals surface area contributed by atoms with E-state index < -0.39 is 0 Å². The molecule has 1 aromatic carbocycles. The molecule has 90 valence electrons. The molecular formula is C15H25N. The number of anilines is 1. The first-order valence-electron chi connectivity index (χ1n) is 6.66. The molecular weight excluding hydrogens is 194 g/mol. The van der Waals surface area contributed by atoms with Crippen LogP contribution >= 0.6 is 0 Å². The molecule has 0 saturated carbocycles. The molecule has 1 aromatic rings. The average Bonchev–Trinajstić information content (AvgIpc) is 2.30. The summed E-state index contributed by atoms with van der Waals surface area (Å²) in [4.78, 5) is 2.53. The van der Waals surface area contributed by atoms with Gasteiger partial charge in [-0.05, 0) is 30.9 Å². The van der Waals surface area contributed by atoms with Crippen LogP contribution in [-0.4, -0.2) is 13.1 Å². The van der Waals surface area contributed by atoms with Gasteiger partial charge in [-0.25, -0.2) is 0 Å². The van der Waals surface area contributed by atoms with Crippen LogP contribution in [0.5, 0.6) is 0 Å². The van der Waals surface area contributed by atoms with Gasteiger partial charge in [-0.15, -0.1) is 0 Å². The highest BCUT2D eigenvalue weighted by atomic mass is 15.1. The van der Waals surface area contributed by atoms with Crippen molar-refractivity contribution in [2.24, 2.45) is 0 Å². The maximum absolute atomic E-state index is 2.53. The van der Waals surface area contributed by atoms with Gasteiger partial charge in [-0.3, -0.25) is 0 Å². The number of hydrogen-bond acceptors (Lipinski definition) is 1. The van der Waals surface area contributed by atoms with E-state index in [-0.39, 0.29) is 0 Å². The first kappa shape index (κ1) is 13.1. The normalized spacial score (nSPS) is 10.4. The largest absolute Gasteiger partial charge is 0.371 e. The molecule has 0 heterocycles. The number of para-hydroxylation sites is 1. The Morgan fingerprint density at radius 1 is 0.875 bits per heavy atom. The van der Waals surface area contributed by atoms with Crippen LogP contribution in [0.2, 0.25) is 0 Å². The van der Waals surface area contributed by atoms with Crippen molar-refractivity contribution in [3.05, 3.63) is 29.8 Å². The Labute approximate surface area is 100 Å². The molecule has 1 heteroatoms. The van der Waals surface area contributed by atoms with Crippen molar-refractivity contribution >= 4 is 5.69 Å². The molecule has 0 bridgehead atoms. The Hall–Kier alpha value is -0.980. The molecule has 0 spiro atoms. The van der Waals surface area contributed by atoms with Gasteiger partial charge in [0.2, 0.25) is 0 Å². The Balaban J connectivity index is 2.87. The summed E-state index contributed by atoms with van der Waals surface area (Å²) in [6, 6.07) is 8.87. The van der Waals surface area contributed by atoms with E-state index in [1.165, 1.54) is 50.0 Å². The quantitative estimate of drug-likeness (QED) is 0.662. The second-order valence-corrected chi connectivity index (χ2v) is 4.37. The van der Waals surface area contributed by atoms with Crippen molar-refractivity contribution in [3.8, 4) is 0 Å². The van der Waals surface area contributed by atoms with Crippen molar-refractivity contribution in [2.75, 3.05) is 18.0 Å². The minimum absolute atomic E-state index is 1.18. The standard InChI is InChI=1S/C15H25N/c1-4-9-14-10-7-8-11-15(14)16(12-5-2)13-6-3/h7-8,10-11H,4-6,9,12-13H2,1-3H3. The summed E-state index contributed by atoms with van der Waals surface area (Å²) in [5.41, 5.74) is 2.96. The molecule has 0 unspecified atom stereocenters. The molecule has 0 aliphatic heterocycles. The van der Waals surface area contributed by atoms with E-state index >= 15 is 0 Å². The summed E-state index contributed by atoms with van der Waals surface area (Å²) in [5.74, 6) is 0. The van der Waals surface area contributed by atoms with Crippen LogP contribution in [0.4, 0.5) is 5.69 Å². The zero-order valence-corrected chi connectivity index (χ0v) is 11.0. The third-order valence-corrected chi connectivity index (χ3v) is 2.84. The molecule has 0 fully saturated rings. The molecule has 1 nitrogen and oxygen atoms in total. The third-order valence-electron chi connectivity index (χ3n) is 2.84. The Morgan fingerprint density at radius 3 is 2.06 bits per heavy atom. The summed E-state index contributed by atoms with van der Waals surface area (Å²) >= 11 is 0. The van der Waals surface area contributed by atoms with Crippen LogP contribution in [-0.2, 0) is 6.42 Å². The summed E-state index contributed by atoms with van der Waals surface area (Å²) < 4.78 is 0. The summed E-state index contributed by atoms with van der Waals surface area (Å²) in [6.07, 6.45) is 4.87. The topological polar surface area (TPSA) is 3.24 Å². The van der Waals surface area contributed by atoms with E-state index in [0.29, 0.717) is 0 Å².